The smallest absolute Gasteiger partial charge is 0.243 e. The Morgan fingerprint density at radius 2 is 1.96 bits per heavy atom. The topological polar surface area (TPSA) is 71.7 Å². The molecule has 2 aliphatic rings. The van der Waals surface area contributed by atoms with Gasteiger partial charge in [-0.2, -0.15) is 4.98 Å². The van der Waals surface area contributed by atoms with E-state index < -0.39 is 5.54 Å². The SMILES string of the molecule is COCc1noc(CN2CCCC23CCCN(CCc2ccccc2)C3=O)n1. The van der Waals surface area contributed by atoms with Crippen molar-refractivity contribution in [2.75, 3.05) is 26.7 Å². The number of carbonyl (C=O) groups is 1. The van der Waals surface area contributed by atoms with E-state index in [1.165, 1.54) is 5.56 Å². The van der Waals surface area contributed by atoms with Crippen LogP contribution in [0.5, 0.6) is 0 Å². The molecule has 2 fully saturated rings. The van der Waals surface area contributed by atoms with Crippen LogP contribution in [0.3, 0.4) is 0 Å². The first-order valence-electron chi connectivity index (χ1n) is 10.1. The number of hydrogen-bond acceptors (Lipinski definition) is 6. The third-order valence-electron chi connectivity index (χ3n) is 5.95. The summed E-state index contributed by atoms with van der Waals surface area (Å²) in [6, 6.07) is 10.4. The summed E-state index contributed by atoms with van der Waals surface area (Å²) < 4.78 is 10.4. The molecule has 0 aliphatic carbocycles. The second-order valence-electron chi connectivity index (χ2n) is 7.73. The van der Waals surface area contributed by atoms with Gasteiger partial charge in [-0.05, 0) is 44.2 Å². The van der Waals surface area contributed by atoms with Gasteiger partial charge in [-0.1, -0.05) is 35.5 Å². The zero-order chi connectivity index (χ0) is 19.4. The van der Waals surface area contributed by atoms with E-state index in [0.717, 1.165) is 51.7 Å². The highest BCUT2D eigenvalue weighted by Gasteiger charge is 2.50. The molecule has 1 atom stereocenters. The molecule has 7 nitrogen and oxygen atoms in total. The zero-order valence-corrected chi connectivity index (χ0v) is 16.5. The molecule has 150 valence electrons. The van der Waals surface area contributed by atoms with Crippen molar-refractivity contribution in [1.29, 1.82) is 0 Å². The first kappa shape index (κ1) is 19.1. The molecule has 1 unspecified atom stereocenters. The highest BCUT2D eigenvalue weighted by atomic mass is 16.5. The summed E-state index contributed by atoms with van der Waals surface area (Å²) in [6.45, 7) is 3.37. The van der Waals surface area contributed by atoms with E-state index in [1.807, 2.05) is 6.07 Å². The number of amides is 1. The highest BCUT2D eigenvalue weighted by molar-refractivity contribution is 5.87. The molecule has 1 amide bonds. The van der Waals surface area contributed by atoms with Crippen molar-refractivity contribution in [3.63, 3.8) is 0 Å². The van der Waals surface area contributed by atoms with Gasteiger partial charge in [0, 0.05) is 20.2 Å². The van der Waals surface area contributed by atoms with Crippen LogP contribution in [-0.4, -0.2) is 58.1 Å². The van der Waals surface area contributed by atoms with Crippen LogP contribution in [0.2, 0.25) is 0 Å². The summed E-state index contributed by atoms with van der Waals surface area (Å²) in [7, 11) is 1.61. The molecule has 7 heteroatoms. The summed E-state index contributed by atoms with van der Waals surface area (Å²) in [5.74, 6) is 1.37. The van der Waals surface area contributed by atoms with Gasteiger partial charge < -0.3 is 14.2 Å². The van der Waals surface area contributed by atoms with Crippen LogP contribution in [0.25, 0.3) is 0 Å². The van der Waals surface area contributed by atoms with Gasteiger partial charge >= 0.3 is 0 Å². The lowest BCUT2D eigenvalue weighted by molar-refractivity contribution is -0.148. The van der Waals surface area contributed by atoms with Crippen LogP contribution in [0.4, 0.5) is 0 Å². The molecule has 2 aliphatic heterocycles. The van der Waals surface area contributed by atoms with Gasteiger partial charge in [0.05, 0.1) is 6.54 Å². The molecule has 0 N–H and O–H groups in total. The Labute approximate surface area is 165 Å². The van der Waals surface area contributed by atoms with Crippen molar-refractivity contribution in [2.24, 2.45) is 0 Å². The number of likely N-dealkylation sites (tertiary alicyclic amines) is 2. The van der Waals surface area contributed by atoms with E-state index >= 15 is 0 Å². The van der Waals surface area contributed by atoms with Crippen molar-refractivity contribution in [1.82, 2.24) is 19.9 Å². The number of methoxy groups -OCH3 is 1. The summed E-state index contributed by atoms with van der Waals surface area (Å²) in [5, 5.41) is 3.95. The Hall–Kier alpha value is -2.25. The average molecular weight is 384 g/mol. The Morgan fingerprint density at radius 1 is 1.18 bits per heavy atom. The number of rotatable bonds is 7. The normalized spacial score (nSPS) is 23.0. The fraction of sp³-hybridized carbons (Fsp3) is 0.571. The Morgan fingerprint density at radius 3 is 2.75 bits per heavy atom. The van der Waals surface area contributed by atoms with Crippen LogP contribution in [0.1, 0.15) is 43.0 Å². The van der Waals surface area contributed by atoms with Gasteiger partial charge in [-0.3, -0.25) is 9.69 Å². The van der Waals surface area contributed by atoms with Crippen molar-refractivity contribution in [3.05, 3.63) is 47.6 Å². The molecule has 1 aromatic carbocycles. The van der Waals surface area contributed by atoms with Crippen LogP contribution < -0.4 is 0 Å². The summed E-state index contributed by atoms with van der Waals surface area (Å²) in [5.41, 5.74) is 0.861. The van der Waals surface area contributed by atoms with Gasteiger partial charge in [0.15, 0.2) is 5.82 Å². The van der Waals surface area contributed by atoms with E-state index in [0.29, 0.717) is 24.9 Å². The molecule has 3 heterocycles. The second-order valence-corrected chi connectivity index (χ2v) is 7.73. The van der Waals surface area contributed by atoms with Gasteiger partial charge in [-0.25, -0.2) is 0 Å². The number of aromatic nitrogens is 2. The Balaban J connectivity index is 1.44. The van der Waals surface area contributed by atoms with Crippen LogP contribution in [0, 0.1) is 0 Å². The minimum Gasteiger partial charge on any atom is -0.377 e. The number of benzene rings is 1. The number of ether oxygens (including phenoxy) is 1. The largest absolute Gasteiger partial charge is 0.377 e. The van der Waals surface area contributed by atoms with Crippen molar-refractivity contribution < 1.29 is 14.1 Å². The van der Waals surface area contributed by atoms with Gasteiger partial charge in [0.1, 0.15) is 12.1 Å². The third kappa shape index (κ3) is 3.82. The van der Waals surface area contributed by atoms with Gasteiger partial charge in [-0.15, -0.1) is 0 Å². The maximum absolute atomic E-state index is 13.5. The lowest BCUT2D eigenvalue weighted by Gasteiger charge is -2.44. The molecule has 1 spiro atoms. The first-order chi connectivity index (χ1) is 13.7. The quantitative estimate of drug-likeness (QED) is 0.730. The summed E-state index contributed by atoms with van der Waals surface area (Å²) >= 11 is 0. The van der Waals surface area contributed by atoms with Crippen molar-refractivity contribution in [3.8, 4) is 0 Å². The maximum atomic E-state index is 13.5. The Kier molecular flexibility index (Phi) is 5.73. The number of carbonyl (C=O) groups excluding carboxylic acids is 1. The monoisotopic (exact) mass is 384 g/mol. The third-order valence-corrected chi connectivity index (χ3v) is 5.95. The molecule has 0 saturated carbocycles. The molecule has 1 aromatic heterocycles. The zero-order valence-electron chi connectivity index (χ0n) is 16.5. The standard InChI is InChI=1S/C21H28N4O3/c1-27-16-18-22-19(28-23-18)15-25-13-6-11-21(25)10-5-12-24(20(21)26)14-9-17-7-3-2-4-8-17/h2-4,7-8H,5-6,9-16H2,1H3. The molecule has 2 aromatic rings. The fourth-order valence-corrected chi connectivity index (χ4v) is 4.58. The molecule has 0 radical (unpaired) electrons. The second kappa shape index (κ2) is 8.41. The first-order valence-corrected chi connectivity index (χ1v) is 10.1. The Bertz CT molecular complexity index is 794. The van der Waals surface area contributed by atoms with E-state index in [9.17, 15) is 4.79 Å². The van der Waals surface area contributed by atoms with Crippen LogP contribution in [-0.2, 0) is 29.1 Å². The predicted octanol–water partition coefficient (Wildman–Crippen LogP) is 2.42. The molecule has 2 saturated heterocycles. The average Bonchev–Trinajstić information content (AvgIpc) is 3.32. The minimum absolute atomic E-state index is 0.267. The molecular formula is C21H28N4O3. The lowest BCUT2D eigenvalue weighted by Crippen LogP contribution is -2.59. The van der Waals surface area contributed by atoms with E-state index in [1.54, 1.807) is 7.11 Å². The molecular weight excluding hydrogens is 356 g/mol. The molecule has 0 bridgehead atoms. The highest BCUT2D eigenvalue weighted by Crippen LogP contribution is 2.39. The summed E-state index contributed by atoms with van der Waals surface area (Å²) in [6.07, 6.45) is 4.78. The van der Waals surface area contributed by atoms with E-state index in [-0.39, 0.29) is 5.91 Å². The van der Waals surface area contributed by atoms with Crippen LogP contribution >= 0.6 is 0 Å². The number of hydrogen-bond donors (Lipinski definition) is 0. The van der Waals surface area contributed by atoms with Crippen molar-refractivity contribution in [2.45, 2.75) is 50.8 Å². The van der Waals surface area contributed by atoms with Crippen LogP contribution in [0.15, 0.2) is 34.9 Å². The predicted molar refractivity (Wildman–Crippen MR) is 103 cm³/mol. The maximum Gasteiger partial charge on any atom is 0.243 e. The van der Waals surface area contributed by atoms with E-state index in [2.05, 4.69) is 44.2 Å². The molecule has 28 heavy (non-hydrogen) atoms. The van der Waals surface area contributed by atoms with Crippen molar-refractivity contribution >= 4 is 5.91 Å². The lowest BCUT2D eigenvalue weighted by atomic mass is 9.85. The van der Waals surface area contributed by atoms with Gasteiger partial charge in [0.25, 0.3) is 0 Å². The summed E-state index contributed by atoms with van der Waals surface area (Å²) in [4.78, 5) is 22.2. The van der Waals surface area contributed by atoms with Gasteiger partial charge in [0.2, 0.25) is 11.8 Å². The number of piperidine rings is 1. The molecule has 4 rings (SSSR count). The fourth-order valence-electron chi connectivity index (χ4n) is 4.58. The van der Waals surface area contributed by atoms with E-state index in [4.69, 9.17) is 9.26 Å². The number of nitrogens with zero attached hydrogens (tertiary/aromatic N) is 4. The minimum atomic E-state index is -0.412.